The molecule has 0 aliphatic rings. The summed E-state index contributed by atoms with van der Waals surface area (Å²) in [5.74, 6) is 1.56. The van der Waals surface area contributed by atoms with Gasteiger partial charge in [0.05, 0.1) is 5.69 Å². The van der Waals surface area contributed by atoms with Gasteiger partial charge in [0.1, 0.15) is 5.76 Å². The lowest BCUT2D eigenvalue weighted by Crippen LogP contribution is -2.03. The predicted octanol–water partition coefficient (Wildman–Crippen LogP) is 4.26. The van der Waals surface area contributed by atoms with Gasteiger partial charge in [-0.3, -0.25) is 0 Å². The van der Waals surface area contributed by atoms with Crippen molar-refractivity contribution in [3.05, 3.63) is 22.6 Å². The fourth-order valence-corrected chi connectivity index (χ4v) is 1.61. The maximum absolute atomic E-state index is 10.5. The summed E-state index contributed by atoms with van der Waals surface area (Å²) in [5, 5.41) is 7.32. The van der Waals surface area contributed by atoms with Gasteiger partial charge in [-0.2, -0.15) is 8.57 Å². The van der Waals surface area contributed by atoms with E-state index in [1.54, 1.807) is 6.92 Å². The number of hydrogen-bond acceptors (Lipinski definition) is 10. The second kappa shape index (κ2) is 15.6. The molecule has 0 spiro atoms. The largest absolute Gasteiger partial charge is 0.359 e. The Hall–Kier alpha value is -0.300. The zero-order valence-electron chi connectivity index (χ0n) is 14.9. The smallest absolute Gasteiger partial charge is 0.252 e. The molecule has 0 aliphatic heterocycles. The van der Waals surface area contributed by atoms with Crippen molar-refractivity contribution in [3.63, 3.8) is 0 Å². The van der Waals surface area contributed by atoms with Crippen molar-refractivity contribution in [3.8, 4) is 0 Å². The molecule has 0 radical (unpaired) electrons. The fraction of sp³-hybridized carbons (Fsp3) is 0.538. The molecule has 0 aliphatic carbocycles. The van der Waals surface area contributed by atoms with E-state index < -0.39 is 22.2 Å². The molecule has 27 heavy (non-hydrogen) atoms. The molecule has 158 valence electrons. The zero-order chi connectivity index (χ0) is 20.3. The Balaban J connectivity index is 0. The van der Waals surface area contributed by atoms with E-state index in [1.165, 1.54) is 12.5 Å². The average Bonchev–Trinajstić information content (AvgIpc) is 3.09. The predicted molar refractivity (Wildman–Crippen MR) is 124 cm³/mol. The van der Waals surface area contributed by atoms with Crippen molar-refractivity contribution in [1.29, 1.82) is 0 Å². The van der Waals surface area contributed by atoms with Gasteiger partial charge >= 0.3 is 0 Å². The third kappa shape index (κ3) is 11.3. The summed E-state index contributed by atoms with van der Waals surface area (Å²) in [6.07, 6.45) is 2.82. The van der Waals surface area contributed by atoms with E-state index in [-0.39, 0.29) is 7.43 Å². The van der Waals surface area contributed by atoms with E-state index in [0.29, 0.717) is 17.5 Å². The Morgan fingerprint density at radius 3 is 1.78 bits per heavy atom. The summed E-state index contributed by atoms with van der Waals surface area (Å²) >= 11 is 1.52. The number of aryl methyl sites for hydroxylation is 2. The van der Waals surface area contributed by atoms with Crippen LogP contribution in [0.5, 0.6) is 0 Å². The molecule has 0 fully saturated rings. The van der Waals surface area contributed by atoms with E-state index in [9.17, 15) is 8.42 Å². The van der Waals surface area contributed by atoms with Gasteiger partial charge in [-0.1, -0.05) is 17.7 Å². The molecular formula is C13H24I2N4O6S2. The summed E-state index contributed by atoms with van der Waals surface area (Å²) < 4.78 is 39.9. The molecule has 0 saturated carbocycles. The molecule has 0 aromatic carbocycles. The van der Waals surface area contributed by atoms with Crippen molar-refractivity contribution >= 4 is 71.1 Å². The minimum absolute atomic E-state index is 0. The number of rotatable bonds is 6. The first kappa shape index (κ1) is 28.9. The molecule has 2 atom stereocenters. The Kier molecular flexibility index (Phi) is 16.7. The maximum atomic E-state index is 10.5. The molecule has 14 heteroatoms. The minimum Gasteiger partial charge on any atom is -0.359 e. The van der Waals surface area contributed by atoms with Gasteiger partial charge in [0, 0.05) is 60.9 Å². The van der Waals surface area contributed by atoms with Gasteiger partial charge in [0.2, 0.25) is 0 Å². The van der Waals surface area contributed by atoms with Crippen LogP contribution in [0.25, 0.3) is 0 Å². The SMILES string of the molecule is C.Cc1noc(NOS(C)=O)c1C.Cc1onc(NOS(C)=O)c1C.II. The van der Waals surface area contributed by atoms with E-state index in [2.05, 4.69) is 67.1 Å². The van der Waals surface area contributed by atoms with Crippen molar-refractivity contribution in [1.82, 2.24) is 10.3 Å². The lowest BCUT2D eigenvalue weighted by Gasteiger charge is -1.98. The van der Waals surface area contributed by atoms with Crippen molar-refractivity contribution in [2.45, 2.75) is 35.1 Å². The summed E-state index contributed by atoms with van der Waals surface area (Å²) in [5.41, 5.74) is 7.31. The van der Waals surface area contributed by atoms with Crippen LogP contribution in [-0.4, -0.2) is 31.2 Å². The van der Waals surface area contributed by atoms with Crippen LogP contribution in [0.15, 0.2) is 9.05 Å². The van der Waals surface area contributed by atoms with Crippen LogP contribution < -0.4 is 11.0 Å². The molecule has 2 aromatic rings. The minimum atomic E-state index is -1.36. The summed E-state index contributed by atoms with van der Waals surface area (Å²) in [4.78, 5) is 0. The number of nitrogens with zero attached hydrogens (tertiary/aromatic N) is 2. The fourth-order valence-electron chi connectivity index (χ4n) is 1.22. The Morgan fingerprint density at radius 2 is 1.41 bits per heavy atom. The highest BCUT2D eigenvalue weighted by Crippen LogP contribution is 2.17. The van der Waals surface area contributed by atoms with E-state index >= 15 is 0 Å². The first-order valence-electron chi connectivity index (χ1n) is 6.75. The van der Waals surface area contributed by atoms with E-state index in [4.69, 9.17) is 9.05 Å². The third-order valence-corrected chi connectivity index (χ3v) is 3.46. The Morgan fingerprint density at radius 1 is 0.889 bits per heavy atom. The van der Waals surface area contributed by atoms with Crippen molar-refractivity contribution < 1.29 is 26.0 Å². The molecule has 2 N–H and O–H groups in total. The topological polar surface area (TPSA) is 129 Å². The summed E-state index contributed by atoms with van der Waals surface area (Å²) in [7, 11) is 0. The summed E-state index contributed by atoms with van der Waals surface area (Å²) in [6, 6.07) is 0. The molecule has 0 amide bonds. The molecule has 2 heterocycles. The Bertz CT molecular complexity index is 665. The van der Waals surface area contributed by atoms with Crippen LogP contribution in [0.4, 0.5) is 11.7 Å². The van der Waals surface area contributed by atoms with Gasteiger partial charge in [-0.05, 0) is 27.7 Å². The average molecular weight is 650 g/mol. The highest BCUT2D eigenvalue weighted by molar-refractivity contribution is 15.0. The van der Waals surface area contributed by atoms with Crippen LogP contribution in [0, 0.1) is 27.7 Å². The summed E-state index contributed by atoms with van der Waals surface area (Å²) in [6.45, 7) is 7.26. The van der Waals surface area contributed by atoms with Crippen LogP contribution in [0.3, 0.4) is 0 Å². The number of nitrogens with one attached hydrogen (secondary N) is 2. The van der Waals surface area contributed by atoms with Crippen LogP contribution >= 0.6 is 37.2 Å². The maximum Gasteiger partial charge on any atom is 0.252 e. The zero-order valence-corrected chi connectivity index (χ0v) is 20.9. The molecule has 2 unspecified atom stereocenters. The lowest BCUT2D eigenvalue weighted by molar-refractivity contribution is 0.367. The second-order valence-corrected chi connectivity index (χ2v) is 6.55. The van der Waals surface area contributed by atoms with Crippen molar-refractivity contribution in [2.24, 2.45) is 0 Å². The standard InChI is InChI=1S/2C6H10N2O3S.CH4.I2/c1-4-5(2)10-7-6(4)8-11-12(3)9;1-4-5(2)7-10-6(4)8-11-12(3)9;;1-2/h1-3H3,(H,7,8);8H,1-3H3;1H4;. The third-order valence-electron chi connectivity index (χ3n) is 2.82. The first-order chi connectivity index (χ1) is 12.2. The number of anilines is 2. The molecule has 2 rings (SSSR count). The highest BCUT2D eigenvalue weighted by atomic mass is 128. The van der Waals surface area contributed by atoms with Crippen LogP contribution in [0.1, 0.15) is 30.0 Å². The molecule has 2 aromatic heterocycles. The van der Waals surface area contributed by atoms with Crippen molar-refractivity contribution in [2.75, 3.05) is 23.5 Å². The van der Waals surface area contributed by atoms with Gasteiger partial charge in [-0.25, -0.2) is 19.4 Å². The van der Waals surface area contributed by atoms with Gasteiger partial charge in [-0.15, -0.1) is 0 Å². The normalized spacial score (nSPS) is 11.7. The molecule has 0 saturated heterocycles. The van der Waals surface area contributed by atoms with E-state index in [0.717, 1.165) is 16.8 Å². The quantitative estimate of drug-likeness (QED) is 0.346. The van der Waals surface area contributed by atoms with Gasteiger partial charge < -0.3 is 9.05 Å². The first-order valence-corrected chi connectivity index (χ1v) is 16.0. The number of halogens is 2. The molecule has 10 nitrogen and oxygen atoms in total. The monoisotopic (exact) mass is 650 g/mol. The van der Waals surface area contributed by atoms with Crippen LogP contribution in [-0.2, 0) is 30.7 Å². The second-order valence-electron chi connectivity index (χ2n) is 4.61. The van der Waals surface area contributed by atoms with Gasteiger partial charge in [0.25, 0.3) is 5.88 Å². The number of hydrogen-bond donors (Lipinski definition) is 2. The highest BCUT2D eigenvalue weighted by Gasteiger charge is 2.08. The van der Waals surface area contributed by atoms with Gasteiger partial charge in [0.15, 0.2) is 28.0 Å². The van der Waals surface area contributed by atoms with E-state index in [1.807, 2.05) is 20.8 Å². The van der Waals surface area contributed by atoms with Crippen LogP contribution in [0.2, 0.25) is 0 Å². The Labute approximate surface area is 187 Å². The number of aromatic nitrogens is 2. The molecule has 0 bridgehead atoms. The molecular weight excluding hydrogens is 626 g/mol. The lowest BCUT2D eigenvalue weighted by atomic mass is 10.3.